The summed E-state index contributed by atoms with van der Waals surface area (Å²) in [4.78, 5) is 31.3. The van der Waals surface area contributed by atoms with Crippen LogP contribution in [0.5, 0.6) is 11.5 Å². The Hall–Kier alpha value is -8.12. The molecule has 26 heteroatoms. The molecule has 2 fully saturated rings. The van der Waals surface area contributed by atoms with Crippen LogP contribution in [0.15, 0.2) is 134 Å². The summed E-state index contributed by atoms with van der Waals surface area (Å²) in [6.07, 6.45) is -14.7. The lowest BCUT2D eigenvalue weighted by Crippen LogP contribution is -2.27. The molecular weight excluding hydrogens is 1200 g/mol. The Labute approximate surface area is 492 Å². The zero-order valence-corrected chi connectivity index (χ0v) is 46.1. The lowest BCUT2D eigenvalue weighted by atomic mass is 9.78. The predicted octanol–water partition coefficient (Wildman–Crippen LogP) is 17.4. The van der Waals surface area contributed by atoms with E-state index >= 15 is 0 Å². The maximum Gasteiger partial charge on any atom is 0.434 e. The lowest BCUT2D eigenvalue weighted by Gasteiger charge is -2.30. The summed E-state index contributed by atoms with van der Waals surface area (Å²) in [7, 11) is 0. The molecule has 4 aromatic heterocycles. The van der Waals surface area contributed by atoms with Crippen LogP contribution >= 0.6 is 23.2 Å². The van der Waals surface area contributed by atoms with E-state index in [4.69, 9.17) is 32.7 Å². The minimum Gasteiger partial charge on any atom is -0.488 e. The minimum absolute atomic E-state index is 0.0639. The van der Waals surface area contributed by atoms with Crippen LogP contribution in [0.1, 0.15) is 118 Å². The highest BCUT2D eigenvalue weighted by atomic mass is 35.5. The van der Waals surface area contributed by atoms with Gasteiger partial charge in [0, 0.05) is 21.2 Å². The van der Waals surface area contributed by atoms with E-state index in [2.05, 4.69) is 20.2 Å². The number of benzene rings is 4. The highest BCUT2D eigenvalue weighted by molar-refractivity contribution is 6.31. The number of carboxylic acids is 2. The van der Waals surface area contributed by atoms with E-state index in [9.17, 15) is 72.5 Å². The van der Waals surface area contributed by atoms with Gasteiger partial charge in [-0.25, -0.2) is 28.9 Å². The number of carbonyl (C=O) groups is 2. The number of ether oxygens (including phenoxy) is 2. The standard InChI is InChI=1S/2C30H24ClF6N3O3/c2*31-21-12-13-25(43-16-17-4-6-18(7-5-17)19-8-10-20(11-9-19)29(32,33)34)22(14-21)24-2-1-3-26(39-24)40-27(30(35,36)37)23(15-38-40)28(41)42/h2*1-7,12-15,19-20H,8-11,16H2,(H,41,42). The fourth-order valence-corrected chi connectivity index (χ4v) is 10.9. The molecule has 12 nitrogen and oxygen atoms in total. The van der Waals surface area contributed by atoms with Crippen LogP contribution in [0.2, 0.25) is 10.0 Å². The third-order valence-electron chi connectivity index (χ3n) is 14.9. The number of halogens is 14. The van der Waals surface area contributed by atoms with Gasteiger partial charge in [-0.05, 0) is 146 Å². The Morgan fingerprint density at radius 3 is 1.15 bits per heavy atom. The average Bonchev–Trinajstić information content (AvgIpc) is 2.67. The summed E-state index contributed by atoms with van der Waals surface area (Å²) < 4.78 is 173. The van der Waals surface area contributed by atoms with E-state index in [1.807, 2.05) is 48.5 Å². The molecule has 2 aliphatic carbocycles. The van der Waals surface area contributed by atoms with Crippen molar-refractivity contribution in [2.24, 2.45) is 11.8 Å². The zero-order chi connectivity index (χ0) is 61.9. The molecule has 452 valence electrons. The van der Waals surface area contributed by atoms with E-state index < -0.39 is 71.0 Å². The highest BCUT2D eigenvalue weighted by Gasteiger charge is 2.44. The number of nitrogens with zero attached hydrogens (tertiary/aromatic N) is 6. The Kier molecular flexibility index (Phi) is 18.5. The van der Waals surface area contributed by atoms with Crippen LogP contribution in [0, 0.1) is 11.8 Å². The molecule has 10 rings (SSSR count). The largest absolute Gasteiger partial charge is 0.488 e. The molecule has 0 spiro atoms. The van der Waals surface area contributed by atoms with E-state index in [0.717, 1.165) is 22.3 Å². The van der Waals surface area contributed by atoms with Crippen molar-refractivity contribution >= 4 is 35.1 Å². The molecule has 8 aromatic rings. The van der Waals surface area contributed by atoms with E-state index in [-0.39, 0.29) is 73.8 Å². The van der Waals surface area contributed by atoms with Gasteiger partial charge in [-0.1, -0.05) is 83.9 Å². The monoisotopic (exact) mass is 1250 g/mol. The topological polar surface area (TPSA) is 154 Å². The van der Waals surface area contributed by atoms with Crippen molar-refractivity contribution in [2.45, 2.75) is 101 Å². The quantitative estimate of drug-likeness (QED) is 0.101. The van der Waals surface area contributed by atoms with Crippen LogP contribution in [-0.2, 0) is 25.6 Å². The number of rotatable bonds is 14. The van der Waals surface area contributed by atoms with Gasteiger partial charge >= 0.3 is 36.6 Å². The normalized spacial score (nSPS) is 17.6. The summed E-state index contributed by atoms with van der Waals surface area (Å²) in [6, 6.07) is 32.9. The summed E-state index contributed by atoms with van der Waals surface area (Å²) in [5.41, 5.74) is -0.239. The number of aromatic carboxylic acids is 2. The molecule has 0 atom stereocenters. The fourth-order valence-electron chi connectivity index (χ4n) is 10.5. The summed E-state index contributed by atoms with van der Waals surface area (Å²) in [5.74, 6) is -5.75. The van der Waals surface area contributed by atoms with Gasteiger partial charge in [0.05, 0.1) is 35.6 Å². The van der Waals surface area contributed by atoms with Crippen molar-refractivity contribution in [3.05, 3.63) is 189 Å². The lowest BCUT2D eigenvalue weighted by molar-refractivity contribution is -0.183. The third-order valence-corrected chi connectivity index (χ3v) is 15.4. The van der Waals surface area contributed by atoms with Crippen molar-refractivity contribution in [2.75, 3.05) is 0 Å². The summed E-state index contributed by atoms with van der Waals surface area (Å²) in [6.45, 7) is 0.240. The molecule has 0 aliphatic heterocycles. The van der Waals surface area contributed by atoms with Gasteiger partial charge in [0.25, 0.3) is 0 Å². The second-order valence-electron chi connectivity index (χ2n) is 20.5. The molecular formula is C60H48Cl2F12N6O6. The molecule has 2 N–H and O–H groups in total. The number of aromatic nitrogens is 6. The molecule has 0 radical (unpaired) electrons. The van der Waals surface area contributed by atoms with Gasteiger partial charge in [-0.2, -0.15) is 62.9 Å². The van der Waals surface area contributed by atoms with E-state index in [1.165, 1.54) is 24.3 Å². The Morgan fingerprint density at radius 1 is 0.488 bits per heavy atom. The molecule has 2 aliphatic rings. The highest BCUT2D eigenvalue weighted by Crippen LogP contribution is 2.45. The number of pyridine rings is 2. The molecule has 4 aromatic carbocycles. The first-order chi connectivity index (χ1) is 40.6. The van der Waals surface area contributed by atoms with Gasteiger partial charge < -0.3 is 19.7 Å². The molecule has 0 amide bonds. The third kappa shape index (κ3) is 14.7. The number of alkyl halides is 12. The number of carboxylic acid groups (broad SMARTS) is 2. The maximum atomic E-state index is 13.7. The van der Waals surface area contributed by atoms with Crippen molar-refractivity contribution in [1.29, 1.82) is 0 Å². The van der Waals surface area contributed by atoms with Crippen LogP contribution in [0.3, 0.4) is 0 Å². The smallest absolute Gasteiger partial charge is 0.434 e. The van der Waals surface area contributed by atoms with Crippen molar-refractivity contribution in [3.63, 3.8) is 0 Å². The Balaban J connectivity index is 0.000000205. The second-order valence-corrected chi connectivity index (χ2v) is 21.4. The van der Waals surface area contributed by atoms with Gasteiger partial charge in [0.15, 0.2) is 23.0 Å². The maximum absolute atomic E-state index is 13.7. The summed E-state index contributed by atoms with van der Waals surface area (Å²) >= 11 is 12.4. The van der Waals surface area contributed by atoms with Crippen LogP contribution < -0.4 is 9.47 Å². The second kappa shape index (κ2) is 25.5. The SMILES string of the molecule is O=C(O)c1cnn(-c2cccc(-c3cc(Cl)ccc3OCc3ccc(C4CCC(C(F)(F)F)CC4)cc3)n2)c1C(F)(F)F.O=C(O)c1cnn(-c2cccc(-c3cc(Cl)ccc3OCc3ccc(C4CCC(C(F)(F)F)CC4)cc3)n2)c1C(F)(F)F. The van der Waals surface area contributed by atoms with E-state index in [1.54, 1.807) is 48.5 Å². The number of hydrogen-bond donors (Lipinski definition) is 2. The van der Waals surface area contributed by atoms with Crippen LogP contribution in [0.4, 0.5) is 52.7 Å². The van der Waals surface area contributed by atoms with Gasteiger partial charge in [-0.3, -0.25) is 0 Å². The van der Waals surface area contributed by atoms with Crippen molar-refractivity contribution < 1.29 is 82.0 Å². The number of hydrogen-bond acceptors (Lipinski definition) is 8. The first-order valence-corrected chi connectivity index (χ1v) is 27.3. The first-order valence-electron chi connectivity index (χ1n) is 26.5. The molecule has 0 bridgehead atoms. The van der Waals surface area contributed by atoms with E-state index in [0.29, 0.717) is 80.1 Å². The summed E-state index contributed by atoms with van der Waals surface area (Å²) in [5, 5.41) is 26.3. The first kappa shape index (κ1) is 62.4. The molecule has 0 unspecified atom stereocenters. The minimum atomic E-state index is -5.01. The van der Waals surface area contributed by atoms with Crippen molar-refractivity contribution in [1.82, 2.24) is 29.5 Å². The zero-order valence-electron chi connectivity index (χ0n) is 44.6. The van der Waals surface area contributed by atoms with Crippen molar-refractivity contribution in [3.8, 4) is 45.6 Å². The van der Waals surface area contributed by atoms with Crippen LogP contribution in [0.25, 0.3) is 34.2 Å². The average molecular weight is 1250 g/mol. The Morgan fingerprint density at radius 2 is 0.837 bits per heavy atom. The fraction of sp³-hybridized carbons (Fsp3) is 0.300. The Bertz CT molecular complexity index is 3460. The van der Waals surface area contributed by atoms with Gasteiger partial charge in [-0.15, -0.1) is 0 Å². The molecule has 4 heterocycles. The van der Waals surface area contributed by atoms with Crippen LogP contribution in [-0.4, -0.2) is 64.0 Å². The molecule has 0 saturated heterocycles. The molecule has 86 heavy (non-hydrogen) atoms. The van der Waals surface area contributed by atoms with Gasteiger partial charge in [0.1, 0.15) is 35.8 Å². The van der Waals surface area contributed by atoms with Gasteiger partial charge in [0.2, 0.25) is 0 Å². The molecule has 2 saturated carbocycles. The predicted molar refractivity (Wildman–Crippen MR) is 291 cm³/mol.